The van der Waals surface area contributed by atoms with Crippen molar-refractivity contribution in [2.24, 2.45) is 0 Å². The molecule has 0 bridgehead atoms. The molecular weight excluding hydrogens is 338 g/mol. The van der Waals surface area contributed by atoms with Gasteiger partial charge in [-0.2, -0.15) is 8.75 Å². The van der Waals surface area contributed by atoms with Gasteiger partial charge in [-0.25, -0.2) is 13.1 Å². The number of sulfonamides is 1. The lowest BCUT2D eigenvalue weighted by Gasteiger charge is -2.38. The fourth-order valence-corrected chi connectivity index (χ4v) is 5.30. The van der Waals surface area contributed by atoms with Gasteiger partial charge in [-0.15, -0.1) is 0 Å². The Kier molecular flexibility index (Phi) is 4.06. The van der Waals surface area contributed by atoms with Gasteiger partial charge in [-0.05, 0) is 31.4 Å². The van der Waals surface area contributed by atoms with Crippen LogP contribution in [0.4, 0.5) is 0 Å². The molecule has 0 amide bonds. The fourth-order valence-electron chi connectivity index (χ4n) is 3.25. The molecule has 3 unspecified atom stereocenters. The maximum atomic E-state index is 12.7. The number of hydrogen-bond acceptors (Lipinski definition) is 7. The average Bonchev–Trinajstić information content (AvgIpc) is 3.02. The van der Waals surface area contributed by atoms with Crippen molar-refractivity contribution >= 4 is 32.8 Å². The quantitative estimate of drug-likeness (QED) is 0.893. The lowest BCUT2D eigenvalue weighted by molar-refractivity contribution is -0.156. The van der Waals surface area contributed by atoms with Crippen LogP contribution in [0.5, 0.6) is 0 Å². The largest absolute Gasteiger partial charge is 0.373 e. The second-order valence-electron chi connectivity index (χ2n) is 5.84. The minimum absolute atomic E-state index is 0.0260. The van der Waals surface area contributed by atoms with Crippen LogP contribution in [0.15, 0.2) is 23.1 Å². The monoisotopic (exact) mass is 355 g/mol. The minimum atomic E-state index is -3.64. The summed E-state index contributed by atoms with van der Waals surface area (Å²) in [6.45, 7) is 1.20. The Balaban J connectivity index is 1.54. The van der Waals surface area contributed by atoms with Crippen LogP contribution < -0.4 is 4.72 Å². The zero-order valence-corrected chi connectivity index (χ0v) is 14.0. The van der Waals surface area contributed by atoms with E-state index in [2.05, 4.69) is 13.5 Å². The molecule has 9 heteroatoms. The molecule has 0 spiro atoms. The van der Waals surface area contributed by atoms with Gasteiger partial charge in [0.1, 0.15) is 15.9 Å². The molecular formula is C14H17N3O4S2. The molecule has 2 fully saturated rings. The number of ether oxygens (including phenoxy) is 2. The maximum absolute atomic E-state index is 12.7. The summed E-state index contributed by atoms with van der Waals surface area (Å²) in [6, 6.07) is 4.87. The number of aromatic nitrogens is 2. The summed E-state index contributed by atoms with van der Waals surface area (Å²) in [4.78, 5) is 0.187. The maximum Gasteiger partial charge on any atom is 0.243 e. The molecule has 1 N–H and O–H groups in total. The van der Waals surface area contributed by atoms with Crippen LogP contribution in [-0.4, -0.2) is 48.6 Å². The Bertz CT molecular complexity index is 807. The highest BCUT2D eigenvalue weighted by atomic mass is 32.2. The zero-order chi connectivity index (χ0) is 15.9. The molecule has 2 aromatic rings. The van der Waals surface area contributed by atoms with Gasteiger partial charge in [0.15, 0.2) is 0 Å². The van der Waals surface area contributed by atoms with E-state index in [1.807, 2.05) is 0 Å². The highest BCUT2D eigenvalue weighted by Crippen LogP contribution is 2.28. The van der Waals surface area contributed by atoms with Crippen LogP contribution in [-0.2, 0) is 19.5 Å². The summed E-state index contributed by atoms with van der Waals surface area (Å²) >= 11 is 1.02. The Morgan fingerprint density at radius 3 is 2.83 bits per heavy atom. The van der Waals surface area contributed by atoms with E-state index in [4.69, 9.17) is 9.47 Å². The van der Waals surface area contributed by atoms with E-state index in [9.17, 15) is 8.42 Å². The molecule has 1 saturated heterocycles. The van der Waals surface area contributed by atoms with Crippen molar-refractivity contribution in [1.29, 1.82) is 0 Å². The van der Waals surface area contributed by atoms with Gasteiger partial charge < -0.3 is 9.47 Å². The summed E-state index contributed by atoms with van der Waals surface area (Å²) in [5.74, 6) is 0. The Hall–Kier alpha value is -1.13. The fraction of sp³-hybridized carbons (Fsp3) is 0.571. The molecule has 1 aliphatic heterocycles. The van der Waals surface area contributed by atoms with Crippen LogP contribution in [0.1, 0.15) is 19.3 Å². The molecule has 1 aromatic heterocycles. The van der Waals surface area contributed by atoms with E-state index in [1.54, 1.807) is 18.2 Å². The van der Waals surface area contributed by atoms with Crippen molar-refractivity contribution in [2.75, 3.05) is 13.2 Å². The van der Waals surface area contributed by atoms with E-state index < -0.39 is 10.0 Å². The number of fused-ring (bicyclic) bond motifs is 2. The lowest BCUT2D eigenvalue weighted by atomic mass is 9.90. The molecule has 1 aromatic carbocycles. The molecule has 1 saturated carbocycles. The minimum Gasteiger partial charge on any atom is -0.373 e. The zero-order valence-electron chi connectivity index (χ0n) is 12.3. The Morgan fingerprint density at radius 2 is 1.96 bits per heavy atom. The molecule has 2 heterocycles. The normalized spacial score (nSPS) is 28.6. The highest BCUT2D eigenvalue weighted by molar-refractivity contribution is 7.89. The SMILES string of the molecule is O=S(=O)(NC1CCC2OCCOC2C1)c1cccc2nsnc12. The number of nitrogens with zero attached hydrogens (tertiary/aromatic N) is 2. The second-order valence-corrected chi connectivity index (χ2v) is 8.05. The first-order valence-electron chi connectivity index (χ1n) is 7.60. The van der Waals surface area contributed by atoms with Gasteiger partial charge in [0.05, 0.1) is 37.1 Å². The van der Waals surface area contributed by atoms with Crippen molar-refractivity contribution in [2.45, 2.75) is 42.4 Å². The molecule has 4 rings (SSSR count). The third-order valence-electron chi connectivity index (χ3n) is 4.34. The number of rotatable bonds is 3. The number of hydrogen-bond donors (Lipinski definition) is 1. The smallest absolute Gasteiger partial charge is 0.243 e. The van der Waals surface area contributed by atoms with Crippen LogP contribution in [0.2, 0.25) is 0 Å². The van der Waals surface area contributed by atoms with E-state index in [1.165, 1.54) is 0 Å². The first-order chi connectivity index (χ1) is 11.1. The summed E-state index contributed by atoms with van der Waals surface area (Å²) < 4.78 is 47.8. The summed E-state index contributed by atoms with van der Waals surface area (Å²) in [5.41, 5.74) is 1.03. The van der Waals surface area contributed by atoms with E-state index in [0.29, 0.717) is 30.7 Å². The van der Waals surface area contributed by atoms with Crippen molar-refractivity contribution in [3.8, 4) is 0 Å². The van der Waals surface area contributed by atoms with Crippen LogP contribution in [0.25, 0.3) is 11.0 Å². The first kappa shape index (κ1) is 15.4. The van der Waals surface area contributed by atoms with Gasteiger partial charge in [-0.3, -0.25) is 0 Å². The number of nitrogens with one attached hydrogen (secondary N) is 1. The van der Waals surface area contributed by atoms with Gasteiger partial charge in [-0.1, -0.05) is 6.07 Å². The molecule has 23 heavy (non-hydrogen) atoms. The summed E-state index contributed by atoms with van der Waals surface area (Å²) in [5, 5.41) is 0. The van der Waals surface area contributed by atoms with E-state index >= 15 is 0 Å². The molecule has 1 aliphatic carbocycles. The standard InChI is InChI=1S/C14H17N3O4S2/c18-23(19,13-3-1-2-10-14(13)16-22-15-10)17-9-4-5-11-12(8-9)21-7-6-20-11/h1-3,9,11-12,17H,4-8H2. The molecule has 3 atom stereocenters. The molecule has 0 radical (unpaired) electrons. The van der Waals surface area contributed by atoms with Crippen molar-refractivity contribution in [1.82, 2.24) is 13.5 Å². The van der Waals surface area contributed by atoms with E-state index in [-0.39, 0.29) is 23.1 Å². The Morgan fingerprint density at radius 1 is 1.13 bits per heavy atom. The van der Waals surface area contributed by atoms with Gasteiger partial charge >= 0.3 is 0 Å². The molecule has 2 aliphatic rings. The predicted molar refractivity (Wildman–Crippen MR) is 84.9 cm³/mol. The van der Waals surface area contributed by atoms with Gasteiger partial charge in [0.2, 0.25) is 10.0 Å². The van der Waals surface area contributed by atoms with Crippen LogP contribution >= 0.6 is 11.7 Å². The Labute approximate surface area is 138 Å². The van der Waals surface area contributed by atoms with E-state index in [0.717, 1.165) is 24.6 Å². The lowest BCUT2D eigenvalue weighted by Crippen LogP contribution is -2.49. The topological polar surface area (TPSA) is 90.4 Å². The van der Waals surface area contributed by atoms with Gasteiger partial charge in [0, 0.05) is 6.04 Å². The first-order valence-corrected chi connectivity index (χ1v) is 9.82. The summed E-state index contributed by atoms with van der Waals surface area (Å²) in [7, 11) is -3.64. The van der Waals surface area contributed by atoms with Gasteiger partial charge in [0.25, 0.3) is 0 Å². The average molecular weight is 355 g/mol. The van der Waals surface area contributed by atoms with Crippen LogP contribution in [0, 0.1) is 0 Å². The third kappa shape index (κ3) is 2.99. The second kappa shape index (κ2) is 6.06. The van der Waals surface area contributed by atoms with Crippen molar-refractivity contribution in [3.63, 3.8) is 0 Å². The third-order valence-corrected chi connectivity index (χ3v) is 6.43. The van der Waals surface area contributed by atoms with Crippen LogP contribution in [0.3, 0.4) is 0 Å². The van der Waals surface area contributed by atoms with Crippen molar-refractivity contribution < 1.29 is 17.9 Å². The van der Waals surface area contributed by atoms with Crippen molar-refractivity contribution in [3.05, 3.63) is 18.2 Å². The predicted octanol–water partition coefficient (Wildman–Crippen LogP) is 1.31. The number of benzene rings is 1. The molecule has 124 valence electrons. The summed E-state index contributed by atoms with van der Waals surface area (Å²) in [6.07, 6.45) is 2.25. The highest BCUT2D eigenvalue weighted by Gasteiger charge is 2.36. The molecule has 7 nitrogen and oxygen atoms in total.